The monoisotopic (exact) mass is 426 g/mol. The zero-order valence-electron chi connectivity index (χ0n) is 18.6. The Morgan fingerprint density at radius 1 is 0.677 bits per heavy atom. The average Bonchev–Trinajstić information content (AvgIpc) is 2.79. The lowest BCUT2D eigenvalue weighted by molar-refractivity contribution is 0.0948. The Bertz CT molecular complexity index is 755. The van der Waals surface area contributed by atoms with Crippen LogP contribution in [0.25, 0.3) is 0 Å². The fourth-order valence-electron chi connectivity index (χ4n) is 2.90. The van der Waals surface area contributed by atoms with Crippen LogP contribution in [0.1, 0.15) is 66.7 Å². The highest BCUT2D eigenvalue weighted by Crippen LogP contribution is 2.19. The van der Waals surface area contributed by atoms with Crippen molar-refractivity contribution in [2.75, 3.05) is 26.3 Å². The molecule has 0 aromatic heterocycles. The SMILES string of the molecule is CCCCOc1ccccc1C(=O)NCCCNC(=O)c1ccccc1OCCCC. The fourth-order valence-corrected chi connectivity index (χ4v) is 2.90. The van der Waals surface area contributed by atoms with Crippen LogP contribution < -0.4 is 20.1 Å². The number of para-hydroxylation sites is 2. The van der Waals surface area contributed by atoms with Crippen molar-refractivity contribution in [2.24, 2.45) is 0 Å². The largest absolute Gasteiger partial charge is 0.493 e. The Balaban J connectivity index is 1.76. The van der Waals surface area contributed by atoms with Gasteiger partial charge in [-0.05, 0) is 43.5 Å². The Morgan fingerprint density at radius 3 is 1.52 bits per heavy atom. The second-order valence-electron chi connectivity index (χ2n) is 7.26. The minimum atomic E-state index is -0.173. The van der Waals surface area contributed by atoms with Gasteiger partial charge in [-0.25, -0.2) is 0 Å². The molecule has 0 radical (unpaired) electrons. The van der Waals surface area contributed by atoms with Gasteiger partial charge in [-0.3, -0.25) is 9.59 Å². The summed E-state index contributed by atoms with van der Waals surface area (Å²) in [5, 5.41) is 5.79. The van der Waals surface area contributed by atoms with Crippen LogP contribution in [0.5, 0.6) is 11.5 Å². The van der Waals surface area contributed by atoms with Gasteiger partial charge >= 0.3 is 0 Å². The Morgan fingerprint density at radius 2 is 1.10 bits per heavy atom. The number of ether oxygens (including phenoxy) is 2. The van der Waals surface area contributed by atoms with Crippen molar-refractivity contribution in [3.05, 3.63) is 59.7 Å². The molecule has 31 heavy (non-hydrogen) atoms. The molecule has 0 atom stereocenters. The first-order valence-electron chi connectivity index (χ1n) is 11.2. The minimum absolute atomic E-state index is 0.173. The molecular formula is C25H34N2O4. The number of hydrogen-bond acceptors (Lipinski definition) is 4. The zero-order valence-corrected chi connectivity index (χ0v) is 18.6. The Kier molecular flexibility index (Phi) is 11.0. The van der Waals surface area contributed by atoms with E-state index >= 15 is 0 Å². The molecular weight excluding hydrogens is 392 g/mol. The van der Waals surface area contributed by atoms with E-state index in [-0.39, 0.29) is 11.8 Å². The maximum Gasteiger partial charge on any atom is 0.255 e. The molecule has 0 aliphatic rings. The molecule has 168 valence electrons. The number of carbonyl (C=O) groups is 2. The molecule has 6 nitrogen and oxygen atoms in total. The predicted octanol–water partition coefficient (Wildman–Crippen LogP) is 4.59. The molecule has 0 heterocycles. The lowest BCUT2D eigenvalue weighted by atomic mass is 10.2. The topological polar surface area (TPSA) is 76.7 Å². The highest BCUT2D eigenvalue weighted by molar-refractivity contribution is 5.97. The van der Waals surface area contributed by atoms with E-state index < -0.39 is 0 Å². The van der Waals surface area contributed by atoms with E-state index in [1.165, 1.54) is 0 Å². The maximum atomic E-state index is 12.5. The van der Waals surface area contributed by atoms with Gasteiger partial charge in [-0.2, -0.15) is 0 Å². The normalized spacial score (nSPS) is 10.4. The van der Waals surface area contributed by atoms with Gasteiger partial charge in [-0.15, -0.1) is 0 Å². The molecule has 0 unspecified atom stereocenters. The van der Waals surface area contributed by atoms with Crippen molar-refractivity contribution in [3.8, 4) is 11.5 Å². The number of hydrogen-bond donors (Lipinski definition) is 2. The summed E-state index contributed by atoms with van der Waals surface area (Å²) in [4.78, 5) is 25.0. The Labute approximate surface area is 185 Å². The van der Waals surface area contributed by atoms with Gasteiger partial charge in [0.05, 0.1) is 24.3 Å². The van der Waals surface area contributed by atoms with E-state index in [0.717, 1.165) is 25.7 Å². The first kappa shape index (κ1) is 24.3. The quantitative estimate of drug-likeness (QED) is 0.433. The molecule has 0 aliphatic carbocycles. The van der Waals surface area contributed by atoms with E-state index in [1.807, 2.05) is 36.4 Å². The third kappa shape index (κ3) is 8.32. The van der Waals surface area contributed by atoms with Crippen molar-refractivity contribution in [1.82, 2.24) is 10.6 Å². The second kappa shape index (κ2) is 14.1. The van der Waals surface area contributed by atoms with Crippen LogP contribution in [0.15, 0.2) is 48.5 Å². The third-order valence-corrected chi connectivity index (χ3v) is 4.70. The van der Waals surface area contributed by atoms with Gasteiger partial charge in [0.2, 0.25) is 0 Å². The lowest BCUT2D eigenvalue weighted by Crippen LogP contribution is -2.30. The molecule has 6 heteroatoms. The van der Waals surface area contributed by atoms with Crippen LogP contribution in [0, 0.1) is 0 Å². The van der Waals surface area contributed by atoms with Crippen LogP contribution in [-0.2, 0) is 0 Å². The molecule has 0 fully saturated rings. The van der Waals surface area contributed by atoms with Crippen molar-refractivity contribution in [1.29, 1.82) is 0 Å². The molecule has 2 rings (SSSR count). The van der Waals surface area contributed by atoms with E-state index in [2.05, 4.69) is 24.5 Å². The Hall–Kier alpha value is -3.02. The molecule has 0 saturated heterocycles. The number of carbonyl (C=O) groups excluding carboxylic acids is 2. The average molecular weight is 427 g/mol. The zero-order chi connectivity index (χ0) is 22.3. The van der Waals surface area contributed by atoms with Gasteiger partial charge in [0.25, 0.3) is 11.8 Å². The number of nitrogens with one attached hydrogen (secondary N) is 2. The molecule has 0 aliphatic heterocycles. The summed E-state index contributed by atoms with van der Waals surface area (Å²) < 4.78 is 11.4. The van der Waals surface area contributed by atoms with Crippen LogP contribution >= 0.6 is 0 Å². The lowest BCUT2D eigenvalue weighted by Gasteiger charge is -2.12. The van der Waals surface area contributed by atoms with Crippen LogP contribution in [0.3, 0.4) is 0 Å². The predicted molar refractivity (Wildman–Crippen MR) is 123 cm³/mol. The summed E-state index contributed by atoms with van der Waals surface area (Å²) in [6.07, 6.45) is 4.59. The van der Waals surface area contributed by atoms with Crippen molar-refractivity contribution in [3.63, 3.8) is 0 Å². The van der Waals surface area contributed by atoms with Crippen LogP contribution in [-0.4, -0.2) is 38.1 Å². The third-order valence-electron chi connectivity index (χ3n) is 4.70. The summed E-state index contributed by atoms with van der Waals surface area (Å²) in [6.45, 7) is 6.29. The van der Waals surface area contributed by atoms with E-state index in [9.17, 15) is 9.59 Å². The number of amides is 2. The summed E-state index contributed by atoms with van der Waals surface area (Å²) >= 11 is 0. The van der Waals surface area contributed by atoms with Gasteiger partial charge in [0, 0.05) is 13.1 Å². The second-order valence-corrected chi connectivity index (χ2v) is 7.26. The standard InChI is InChI=1S/C25H34N2O4/c1-3-5-18-30-22-14-9-7-12-20(22)24(28)26-16-11-17-27-25(29)21-13-8-10-15-23(21)31-19-6-4-2/h7-10,12-15H,3-6,11,16-19H2,1-2H3,(H,26,28)(H,27,29). The highest BCUT2D eigenvalue weighted by Gasteiger charge is 2.13. The number of unbranched alkanes of at least 4 members (excludes halogenated alkanes) is 2. The van der Waals surface area contributed by atoms with E-state index in [4.69, 9.17) is 9.47 Å². The van der Waals surface area contributed by atoms with E-state index in [0.29, 0.717) is 55.4 Å². The summed E-state index contributed by atoms with van der Waals surface area (Å²) in [7, 11) is 0. The molecule has 2 amide bonds. The highest BCUT2D eigenvalue weighted by atomic mass is 16.5. The molecule has 0 saturated carbocycles. The summed E-state index contributed by atoms with van der Waals surface area (Å²) in [5.41, 5.74) is 1.06. The maximum absolute atomic E-state index is 12.5. The van der Waals surface area contributed by atoms with Crippen molar-refractivity contribution < 1.29 is 19.1 Å². The first-order valence-corrected chi connectivity index (χ1v) is 11.2. The van der Waals surface area contributed by atoms with Gasteiger partial charge < -0.3 is 20.1 Å². The smallest absolute Gasteiger partial charge is 0.255 e. The van der Waals surface area contributed by atoms with Crippen molar-refractivity contribution in [2.45, 2.75) is 46.0 Å². The van der Waals surface area contributed by atoms with Gasteiger partial charge in [0.15, 0.2) is 0 Å². The summed E-state index contributed by atoms with van der Waals surface area (Å²) in [5.74, 6) is 0.851. The minimum Gasteiger partial charge on any atom is -0.493 e. The number of benzene rings is 2. The molecule has 2 aromatic rings. The first-order chi connectivity index (χ1) is 15.2. The van der Waals surface area contributed by atoms with Crippen molar-refractivity contribution >= 4 is 11.8 Å². The molecule has 2 N–H and O–H groups in total. The van der Waals surface area contributed by atoms with E-state index in [1.54, 1.807) is 12.1 Å². The number of rotatable bonds is 14. The van der Waals surface area contributed by atoms with Gasteiger partial charge in [-0.1, -0.05) is 51.0 Å². The van der Waals surface area contributed by atoms with Crippen LogP contribution in [0.4, 0.5) is 0 Å². The fraction of sp³-hybridized carbons (Fsp3) is 0.440. The molecule has 2 aromatic carbocycles. The summed E-state index contributed by atoms with van der Waals surface area (Å²) in [6, 6.07) is 14.5. The molecule has 0 bridgehead atoms. The van der Waals surface area contributed by atoms with Crippen LogP contribution in [0.2, 0.25) is 0 Å². The molecule has 0 spiro atoms. The van der Waals surface area contributed by atoms with Gasteiger partial charge in [0.1, 0.15) is 11.5 Å².